The quantitative estimate of drug-likeness (QED) is 0.241. The topological polar surface area (TPSA) is 74.6 Å². The van der Waals surface area contributed by atoms with Gasteiger partial charge in [-0.05, 0) is 43.2 Å². The van der Waals surface area contributed by atoms with Crippen molar-refractivity contribution in [3.8, 4) is 33.5 Å². The summed E-state index contributed by atoms with van der Waals surface area (Å²) in [7, 11) is 4.86. The number of halogens is 1. The number of hydrogen-bond acceptors (Lipinski definition) is 6. The summed E-state index contributed by atoms with van der Waals surface area (Å²) in [6, 6.07) is 15.5. The smallest absolute Gasteiger partial charge is 0.253 e. The number of carbonyl (C=O) groups excluding carboxylic acids is 1. The number of methoxy groups -OCH3 is 3. The van der Waals surface area contributed by atoms with Crippen LogP contribution in [-0.2, 0) is 17.7 Å². The van der Waals surface area contributed by atoms with Gasteiger partial charge in [0, 0.05) is 36.8 Å². The Hall–Kier alpha value is -3.33. The van der Waals surface area contributed by atoms with Crippen molar-refractivity contribution < 1.29 is 19.0 Å². The first kappa shape index (κ1) is 26.7. The van der Waals surface area contributed by atoms with Gasteiger partial charge in [0.15, 0.2) is 11.5 Å². The summed E-state index contributed by atoms with van der Waals surface area (Å²) in [5.41, 5.74) is 5.15. The molecule has 0 saturated carbocycles. The van der Waals surface area contributed by atoms with Gasteiger partial charge in [-0.3, -0.25) is 4.79 Å². The standard InChI is InChI=1S/C28H30ClN3O4S/c1-18-21(27(33)30-12-14-34-2)16-24(23-17-37-28(31-23)20-7-5-6-8-22(20)29)32(18)13-11-19-9-10-25(35-3)26(15-19)36-4/h5-10,15-17H,11-14H2,1-4H3,(H,30,33). The maximum absolute atomic E-state index is 13.0. The van der Waals surface area contributed by atoms with Gasteiger partial charge >= 0.3 is 0 Å². The second kappa shape index (κ2) is 12.3. The van der Waals surface area contributed by atoms with Gasteiger partial charge in [0.2, 0.25) is 0 Å². The molecule has 0 radical (unpaired) electrons. The first-order valence-corrected chi connectivity index (χ1v) is 13.1. The molecule has 7 nitrogen and oxygen atoms in total. The van der Waals surface area contributed by atoms with Gasteiger partial charge in [0.1, 0.15) is 5.01 Å². The van der Waals surface area contributed by atoms with Crippen LogP contribution in [0.25, 0.3) is 22.0 Å². The number of aromatic nitrogens is 2. The minimum atomic E-state index is -0.137. The lowest BCUT2D eigenvalue weighted by atomic mass is 10.1. The molecule has 0 aliphatic rings. The van der Waals surface area contributed by atoms with Crippen molar-refractivity contribution in [1.29, 1.82) is 0 Å². The lowest BCUT2D eigenvalue weighted by molar-refractivity contribution is 0.0936. The van der Waals surface area contributed by atoms with Crippen molar-refractivity contribution >= 4 is 28.8 Å². The third-order valence-corrected chi connectivity index (χ3v) is 7.35. The van der Waals surface area contributed by atoms with Crippen LogP contribution in [0.5, 0.6) is 11.5 Å². The molecule has 2 aromatic carbocycles. The molecule has 2 heterocycles. The van der Waals surface area contributed by atoms with E-state index in [-0.39, 0.29) is 5.91 Å². The molecule has 0 aliphatic carbocycles. The Morgan fingerprint density at radius 3 is 2.59 bits per heavy atom. The molecule has 194 valence electrons. The van der Waals surface area contributed by atoms with Gasteiger partial charge in [-0.1, -0.05) is 35.9 Å². The molecule has 1 amide bonds. The first-order valence-electron chi connectivity index (χ1n) is 11.9. The molecule has 0 bridgehead atoms. The van der Waals surface area contributed by atoms with Crippen molar-refractivity contribution in [2.75, 3.05) is 34.5 Å². The second-order valence-corrected chi connectivity index (χ2v) is 9.65. The minimum absolute atomic E-state index is 0.137. The Bertz CT molecular complexity index is 1380. The molecule has 9 heteroatoms. The second-order valence-electron chi connectivity index (χ2n) is 8.39. The molecule has 0 unspecified atom stereocenters. The highest BCUT2D eigenvalue weighted by Gasteiger charge is 2.21. The first-order chi connectivity index (χ1) is 18.0. The summed E-state index contributed by atoms with van der Waals surface area (Å²) in [6.07, 6.45) is 0.731. The number of nitrogens with one attached hydrogen (secondary N) is 1. The van der Waals surface area contributed by atoms with E-state index in [1.165, 1.54) is 11.3 Å². The zero-order valence-corrected chi connectivity index (χ0v) is 22.9. The van der Waals surface area contributed by atoms with Crippen LogP contribution < -0.4 is 14.8 Å². The predicted octanol–water partition coefficient (Wildman–Crippen LogP) is 5.88. The highest BCUT2D eigenvalue weighted by molar-refractivity contribution is 7.13. The van der Waals surface area contributed by atoms with E-state index in [4.69, 9.17) is 30.8 Å². The molecule has 4 rings (SSSR count). The summed E-state index contributed by atoms with van der Waals surface area (Å²) in [5.74, 6) is 1.24. The maximum Gasteiger partial charge on any atom is 0.253 e. The fraction of sp³-hybridized carbons (Fsp3) is 0.286. The Morgan fingerprint density at radius 1 is 1.08 bits per heavy atom. The summed E-state index contributed by atoms with van der Waals surface area (Å²) in [5, 5.41) is 6.42. The molecule has 0 aliphatic heterocycles. The normalized spacial score (nSPS) is 10.9. The number of rotatable bonds is 11. The van der Waals surface area contributed by atoms with Crippen molar-refractivity contribution in [1.82, 2.24) is 14.9 Å². The van der Waals surface area contributed by atoms with Gasteiger partial charge in [0.25, 0.3) is 5.91 Å². The molecule has 0 atom stereocenters. The fourth-order valence-electron chi connectivity index (χ4n) is 4.16. The van der Waals surface area contributed by atoms with Gasteiger partial charge < -0.3 is 24.1 Å². The molecule has 0 fully saturated rings. The van der Waals surface area contributed by atoms with Crippen LogP contribution in [0, 0.1) is 6.92 Å². The van der Waals surface area contributed by atoms with Gasteiger partial charge in [0.05, 0.1) is 42.8 Å². The molecule has 37 heavy (non-hydrogen) atoms. The van der Waals surface area contributed by atoms with E-state index in [9.17, 15) is 4.79 Å². The maximum atomic E-state index is 13.0. The number of thiazole rings is 1. The average Bonchev–Trinajstić information content (AvgIpc) is 3.52. The molecular weight excluding hydrogens is 510 g/mol. The monoisotopic (exact) mass is 539 g/mol. The van der Waals surface area contributed by atoms with Crippen LogP contribution in [0.1, 0.15) is 21.6 Å². The number of benzene rings is 2. The number of aryl methyl sites for hydroxylation is 1. The Balaban J connectivity index is 1.68. The van der Waals surface area contributed by atoms with Crippen molar-refractivity contribution in [2.45, 2.75) is 19.9 Å². The van der Waals surface area contributed by atoms with Crippen LogP contribution in [0.3, 0.4) is 0 Å². The van der Waals surface area contributed by atoms with E-state index < -0.39 is 0 Å². The number of nitrogens with zero attached hydrogens (tertiary/aromatic N) is 2. The third-order valence-electron chi connectivity index (χ3n) is 6.15. The van der Waals surface area contributed by atoms with E-state index >= 15 is 0 Å². The van der Waals surface area contributed by atoms with Crippen LogP contribution in [-0.4, -0.2) is 49.9 Å². The van der Waals surface area contributed by atoms with Crippen molar-refractivity contribution in [2.24, 2.45) is 0 Å². The molecule has 0 saturated heterocycles. The number of amides is 1. The molecule has 1 N–H and O–H groups in total. The number of ether oxygens (including phenoxy) is 3. The van der Waals surface area contributed by atoms with E-state index in [1.807, 2.05) is 60.8 Å². The van der Waals surface area contributed by atoms with Crippen LogP contribution in [0.4, 0.5) is 0 Å². The largest absolute Gasteiger partial charge is 0.493 e. The Kier molecular flexibility index (Phi) is 8.87. The summed E-state index contributed by atoms with van der Waals surface area (Å²) in [6.45, 7) is 3.50. The lowest BCUT2D eigenvalue weighted by Gasteiger charge is -2.13. The fourth-order valence-corrected chi connectivity index (χ4v) is 5.30. The summed E-state index contributed by atoms with van der Waals surface area (Å²) < 4.78 is 18.1. The van der Waals surface area contributed by atoms with Crippen LogP contribution in [0.2, 0.25) is 5.02 Å². The van der Waals surface area contributed by atoms with Crippen LogP contribution in [0.15, 0.2) is 53.9 Å². The molecule has 4 aromatic rings. The van der Waals surface area contributed by atoms with E-state index in [1.54, 1.807) is 21.3 Å². The van der Waals surface area contributed by atoms with Crippen molar-refractivity contribution in [3.63, 3.8) is 0 Å². The summed E-state index contributed by atoms with van der Waals surface area (Å²) >= 11 is 7.95. The molecule has 2 aromatic heterocycles. The van der Waals surface area contributed by atoms with Gasteiger partial charge in [-0.15, -0.1) is 11.3 Å². The Labute approximate surface area is 226 Å². The third kappa shape index (κ3) is 5.98. The van der Waals surface area contributed by atoms with Crippen LogP contribution >= 0.6 is 22.9 Å². The highest BCUT2D eigenvalue weighted by atomic mass is 35.5. The zero-order chi connectivity index (χ0) is 26.4. The SMILES string of the molecule is COCCNC(=O)c1cc(-c2csc(-c3ccccc3Cl)n2)n(CCc2ccc(OC)c(OC)c2)c1C. The van der Waals surface area contributed by atoms with Gasteiger partial charge in [-0.25, -0.2) is 4.98 Å². The van der Waals surface area contributed by atoms with E-state index in [0.29, 0.717) is 41.8 Å². The number of carbonyl (C=O) groups is 1. The van der Waals surface area contributed by atoms with E-state index in [0.717, 1.165) is 39.6 Å². The van der Waals surface area contributed by atoms with Gasteiger partial charge in [-0.2, -0.15) is 0 Å². The minimum Gasteiger partial charge on any atom is -0.493 e. The molecular formula is C28H30ClN3O4S. The summed E-state index contributed by atoms with van der Waals surface area (Å²) in [4.78, 5) is 17.9. The average molecular weight is 540 g/mol. The Morgan fingerprint density at radius 2 is 1.86 bits per heavy atom. The highest BCUT2D eigenvalue weighted by Crippen LogP contribution is 2.35. The molecule has 0 spiro atoms. The number of hydrogen-bond donors (Lipinski definition) is 1. The van der Waals surface area contributed by atoms with Crippen molar-refractivity contribution in [3.05, 3.63) is 75.8 Å². The zero-order valence-electron chi connectivity index (χ0n) is 21.3. The van der Waals surface area contributed by atoms with E-state index in [2.05, 4.69) is 9.88 Å². The lowest BCUT2D eigenvalue weighted by Crippen LogP contribution is -2.27. The predicted molar refractivity (Wildman–Crippen MR) is 148 cm³/mol.